The summed E-state index contributed by atoms with van der Waals surface area (Å²) in [4.78, 5) is 0. The number of rotatable bonds is 6. The Morgan fingerprint density at radius 2 is 1.94 bits per heavy atom. The summed E-state index contributed by atoms with van der Waals surface area (Å²) in [6.45, 7) is 9.04. The van der Waals surface area contributed by atoms with Gasteiger partial charge in [-0.1, -0.05) is 37.6 Å². The van der Waals surface area contributed by atoms with Gasteiger partial charge in [-0.25, -0.2) is 0 Å². The largest absolute Gasteiger partial charge is 0.0914 e. The van der Waals surface area contributed by atoms with Crippen molar-refractivity contribution in [3.63, 3.8) is 0 Å². The van der Waals surface area contributed by atoms with Gasteiger partial charge in [0.25, 0.3) is 0 Å². The average Bonchev–Trinajstić information content (AvgIpc) is 3.16. The molecule has 2 aliphatic rings. The van der Waals surface area contributed by atoms with Crippen LogP contribution in [0.2, 0.25) is 0 Å². The molecule has 2 aliphatic carbocycles. The van der Waals surface area contributed by atoms with E-state index in [-0.39, 0.29) is 0 Å². The van der Waals surface area contributed by atoms with Crippen molar-refractivity contribution in [1.29, 1.82) is 0 Å². The van der Waals surface area contributed by atoms with Gasteiger partial charge >= 0.3 is 0 Å². The molecular formula is C16H26. The molecule has 0 heterocycles. The van der Waals surface area contributed by atoms with E-state index in [9.17, 15) is 0 Å². The van der Waals surface area contributed by atoms with Gasteiger partial charge in [0.05, 0.1) is 0 Å². The Kier molecular flexibility index (Phi) is 3.56. The zero-order valence-electron chi connectivity index (χ0n) is 11.2. The molecule has 0 aromatic rings. The molecule has 0 radical (unpaired) electrons. The van der Waals surface area contributed by atoms with Gasteiger partial charge in [-0.05, 0) is 62.7 Å². The van der Waals surface area contributed by atoms with Crippen molar-refractivity contribution in [3.8, 4) is 0 Å². The Morgan fingerprint density at radius 3 is 2.44 bits per heavy atom. The van der Waals surface area contributed by atoms with Crippen LogP contribution >= 0.6 is 0 Å². The van der Waals surface area contributed by atoms with Gasteiger partial charge in [0.2, 0.25) is 0 Å². The number of fused-ring (bicyclic) bond motifs is 1. The van der Waals surface area contributed by atoms with Gasteiger partial charge in [-0.3, -0.25) is 0 Å². The van der Waals surface area contributed by atoms with Crippen LogP contribution < -0.4 is 0 Å². The first-order valence-electron chi connectivity index (χ1n) is 6.99. The number of hydrogen-bond donors (Lipinski definition) is 0. The minimum absolute atomic E-state index is 0.898. The van der Waals surface area contributed by atoms with Gasteiger partial charge < -0.3 is 0 Å². The molecular weight excluding hydrogens is 192 g/mol. The van der Waals surface area contributed by atoms with Crippen LogP contribution in [0.4, 0.5) is 0 Å². The van der Waals surface area contributed by atoms with E-state index in [1.54, 1.807) is 5.57 Å². The fraction of sp³-hybridized carbons (Fsp3) is 0.750. The highest BCUT2D eigenvalue weighted by molar-refractivity contribution is 5.25. The molecule has 0 nitrogen and oxygen atoms in total. The quantitative estimate of drug-likeness (QED) is 0.560. The van der Waals surface area contributed by atoms with E-state index in [2.05, 4.69) is 45.9 Å². The van der Waals surface area contributed by atoms with Crippen LogP contribution in [-0.4, -0.2) is 0 Å². The Balaban J connectivity index is 1.66. The lowest BCUT2D eigenvalue weighted by molar-refractivity contribution is 0.403. The summed E-state index contributed by atoms with van der Waals surface area (Å²) < 4.78 is 0. The van der Waals surface area contributed by atoms with E-state index in [1.165, 1.54) is 19.3 Å². The number of hydrogen-bond acceptors (Lipinski definition) is 0. The summed E-state index contributed by atoms with van der Waals surface area (Å²) in [5.74, 6) is 5.15. The van der Waals surface area contributed by atoms with Crippen LogP contribution in [0.3, 0.4) is 0 Å². The predicted octanol–water partition coefficient (Wildman–Crippen LogP) is 4.83. The molecule has 0 bridgehead atoms. The van der Waals surface area contributed by atoms with Crippen molar-refractivity contribution < 1.29 is 0 Å². The third-order valence-electron chi connectivity index (χ3n) is 4.60. The van der Waals surface area contributed by atoms with Gasteiger partial charge in [-0.15, -0.1) is 0 Å². The molecule has 0 aromatic heterocycles. The third-order valence-corrected chi connectivity index (χ3v) is 4.60. The second-order valence-corrected chi connectivity index (χ2v) is 5.77. The Labute approximate surface area is 101 Å². The molecule has 3 unspecified atom stereocenters. The lowest BCUT2D eigenvalue weighted by Crippen LogP contribution is -2.05. The fourth-order valence-electron chi connectivity index (χ4n) is 3.49. The first kappa shape index (κ1) is 12.0. The van der Waals surface area contributed by atoms with Crippen LogP contribution in [-0.2, 0) is 0 Å². The van der Waals surface area contributed by atoms with E-state index in [1.807, 2.05) is 0 Å². The summed E-state index contributed by atoms with van der Waals surface area (Å²) in [6, 6.07) is 0. The molecule has 16 heavy (non-hydrogen) atoms. The second-order valence-electron chi connectivity index (χ2n) is 5.77. The van der Waals surface area contributed by atoms with Crippen molar-refractivity contribution in [2.24, 2.45) is 29.6 Å². The van der Waals surface area contributed by atoms with Gasteiger partial charge in [0.15, 0.2) is 0 Å². The van der Waals surface area contributed by atoms with Crippen LogP contribution in [0.5, 0.6) is 0 Å². The monoisotopic (exact) mass is 218 g/mol. The van der Waals surface area contributed by atoms with Gasteiger partial charge in [-0.2, -0.15) is 0 Å². The minimum Gasteiger partial charge on any atom is -0.0914 e. The highest BCUT2D eigenvalue weighted by Crippen LogP contribution is 2.75. The maximum Gasteiger partial charge on any atom is -0.0165 e. The van der Waals surface area contributed by atoms with E-state index in [0.29, 0.717) is 0 Å². The summed E-state index contributed by atoms with van der Waals surface area (Å²) >= 11 is 0. The zero-order chi connectivity index (χ0) is 11.7. The molecule has 0 aromatic carbocycles. The Bertz CT molecular complexity index is 287. The standard InChI is InChI=1S/C16H26/c1-5-8-13-15-14(16(13)15)10-11(4)9-12(6-2)7-3/h5-6,8,11,13-16H,7,9-10H2,1-4H3. The molecule has 0 aliphatic heterocycles. The average molecular weight is 218 g/mol. The molecule has 2 saturated carbocycles. The molecule has 3 atom stereocenters. The van der Waals surface area contributed by atoms with E-state index in [0.717, 1.165) is 29.6 Å². The van der Waals surface area contributed by atoms with Gasteiger partial charge in [0, 0.05) is 0 Å². The summed E-state index contributed by atoms with van der Waals surface area (Å²) in [7, 11) is 0. The summed E-state index contributed by atoms with van der Waals surface area (Å²) in [5, 5.41) is 0. The first-order valence-corrected chi connectivity index (χ1v) is 6.99. The third kappa shape index (κ3) is 2.26. The van der Waals surface area contributed by atoms with E-state index in [4.69, 9.17) is 0 Å². The van der Waals surface area contributed by atoms with Crippen molar-refractivity contribution in [1.82, 2.24) is 0 Å². The van der Waals surface area contributed by atoms with Crippen molar-refractivity contribution >= 4 is 0 Å². The predicted molar refractivity (Wildman–Crippen MR) is 71.2 cm³/mol. The van der Waals surface area contributed by atoms with Crippen molar-refractivity contribution in [2.45, 2.75) is 47.0 Å². The van der Waals surface area contributed by atoms with E-state index < -0.39 is 0 Å². The van der Waals surface area contributed by atoms with Crippen LogP contribution in [0.25, 0.3) is 0 Å². The molecule has 0 heteroatoms. The SMILES string of the molecule is CC=CC1C2C(CC(C)CC(=CC)CC)C12. The summed E-state index contributed by atoms with van der Waals surface area (Å²) in [5.41, 5.74) is 1.65. The fourth-order valence-corrected chi connectivity index (χ4v) is 3.49. The molecule has 0 saturated heterocycles. The molecule has 0 N–H and O–H groups in total. The minimum atomic E-state index is 0.898. The number of allylic oxidation sites excluding steroid dienone is 4. The lowest BCUT2D eigenvalue weighted by atomic mass is 9.89. The first-order chi connectivity index (χ1) is 7.72. The van der Waals surface area contributed by atoms with Crippen LogP contribution in [0, 0.1) is 29.6 Å². The van der Waals surface area contributed by atoms with Crippen LogP contribution in [0.1, 0.15) is 47.0 Å². The van der Waals surface area contributed by atoms with Crippen molar-refractivity contribution in [3.05, 3.63) is 23.8 Å². The van der Waals surface area contributed by atoms with Crippen molar-refractivity contribution in [2.75, 3.05) is 0 Å². The lowest BCUT2D eigenvalue weighted by Gasteiger charge is -2.16. The highest BCUT2D eigenvalue weighted by atomic mass is 14.7. The smallest absolute Gasteiger partial charge is 0.0165 e. The van der Waals surface area contributed by atoms with Gasteiger partial charge in [0.1, 0.15) is 0 Å². The second kappa shape index (κ2) is 4.77. The molecule has 2 fully saturated rings. The zero-order valence-corrected chi connectivity index (χ0v) is 11.2. The molecule has 0 amide bonds. The topological polar surface area (TPSA) is 0 Å². The highest BCUT2D eigenvalue weighted by Gasteiger charge is 2.71. The maximum atomic E-state index is 2.43. The molecule has 2 rings (SSSR count). The maximum absolute atomic E-state index is 2.43. The summed E-state index contributed by atoms with van der Waals surface area (Å²) in [6.07, 6.45) is 11.0. The Morgan fingerprint density at radius 1 is 1.25 bits per heavy atom. The molecule has 0 spiro atoms. The molecule has 90 valence electrons. The Hall–Kier alpha value is -0.520. The van der Waals surface area contributed by atoms with E-state index >= 15 is 0 Å². The normalized spacial score (nSPS) is 38.6. The van der Waals surface area contributed by atoms with Crippen LogP contribution in [0.15, 0.2) is 23.8 Å².